The average molecular weight is 526 g/mol. The zero-order valence-corrected chi connectivity index (χ0v) is 21.9. The van der Waals surface area contributed by atoms with Gasteiger partial charge in [-0.25, -0.2) is 18.9 Å². The lowest BCUT2D eigenvalue weighted by molar-refractivity contribution is 0.0525. The number of aryl methyl sites for hydroxylation is 1. The van der Waals surface area contributed by atoms with Crippen LogP contribution >= 0.6 is 0 Å². The average Bonchev–Trinajstić information content (AvgIpc) is 3.50. The van der Waals surface area contributed by atoms with Crippen molar-refractivity contribution in [2.75, 3.05) is 11.9 Å². The molecule has 0 spiro atoms. The molecule has 0 saturated carbocycles. The van der Waals surface area contributed by atoms with E-state index >= 15 is 0 Å². The fraction of sp³-hybridized carbons (Fsp3) is 0.200. The minimum atomic E-state index is -0.385. The highest BCUT2D eigenvalue weighted by Crippen LogP contribution is 2.24. The van der Waals surface area contributed by atoms with Crippen LogP contribution < -0.4 is 5.32 Å². The van der Waals surface area contributed by atoms with Gasteiger partial charge in [-0.3, -0.25) is 9.36 Å². The third-order valence-corrected chi connectivity index (χ3v) is 6.39. The van der Waals surface area contributed by atoms with Crippen molar-refractivity contribution in [1.82, 2.24) is 19.3 Å². The first-order valence-corrected chi connectivity index (χ1v) is 12.8. The summed E-state index contributed by atoms with van der Waals surface area (Å²) in [5, 5.41) is 7.35. The van der Waals surface area contributed by atoms with Crippen LogP contribution in [-0.4, -0.2) is 37.8 Å². The van der Waals surface area contributed by atoms with E-state index in [1.165, 1.54) is 18.3 Å². The predicted molar refractivity (Wildman–Crippen MR) is 147 cm³/mol. The van der Waals surface area contributed by atoms with Crippen molar-refractivity contribution in [3.63, 3.8) is 0 Å². The van der Waals surface area contributed by atoms with Crippen molar-refractivity contribution in [2.45, 2.75) is 33.6 Å². The number of nitrogens with zero attached hydrogens (tertiary/aromatic N) is 4. The fourth-order valence-corrected chi connectivity index (χ4v) is 4.60. The van der Waals surface area contributed by atoms with E-state index in [1.807, 2.05) is 30.5 Å². The molecule has 5 rings (SSSR count). The van der Waals surface area contributed by atoms with Crippen LogP contribution in [0, 0.1) is 12.7 Å². The number of nitrogens with one attached hydrogen (secondary N) is 1. The van der Waals surface area contributed by atoms with E-state index in [1.54, 1.807) is 54.1 Å². The Morgan fingerprint density at radius 3 is 2.38 bits per heavy atom. The molecule has 0 radical (unpaired) electrons. The second-order valence-corrected chi connectivity index (χ2v) is 9.06. The van der Waals surface area contributed by atoms with Crippen molar-refractivity contribution in [3.05, 3.63) is 101 Å². The lowest BCUT2D eigenvalue weighted by Crippen LogP contribution is -2.12. The topological polar surface area (TPSA) is 91.0 Å². The van der Waals surface area contributed by atoms with Gasteiger partial charge in [0.25, 0.3) is 5.91 Å². The molecule has 8 nitrogen and oxygen atoms in total. The van der Waals surface area contributed by atoms with Gasteiger partial charge >= 0.3 is 5.97 Å². The summed E-state index contributed by atoms with van der Waals surface area (Å²) >= 11 is 0. The summed E-state index contributed by atoms with van der Waals surface area (Å²) in [6, 6.07) is 18.7. The SMILES string of the molecule is CCCc1c(C(=O)OCC)cnn1-c1ccc(NC(=O)c2ccc3nc(C)n(-c4ccc(F)cc4)c3c2)cc1. The zero-order chi connectivity index (χ0) is 27.5. The largest absolute Gasteiger partial charge is 0.462 e. The highest BCUT2D eigenvalue weighted by molar-refractivity contribution is 6.06. The normalized spacial score (nSPS) is 11.1. The van der Waals surface area contributed by atoms with Gasteiger partial charge < -0.3 is 10.1 Å². The molecule has 0 saturated heterocycles. The number of carbonyl (C=O) groups excluding carboxylic acids is 2. The molecule has 3 aromatic carbocycles. The number of hydrogen-bond acceptors (Lipinski definition) is 5. The van der Waals surface area contributed by atoms with Gasteiger partial charge in [0.05, 0.1) is 35.2 Å². The molecule has 5 aromatic rings. The molecule has 2 heterocycles. The number of imidazole rings is 1. The minimum absolute atomic E-state index is 0.274. The Labute approximate surface area is 225 Å². The second kappa shape index (κ2) is 10.9. The molecule has 39 heavy (non-hydrogen) atoms. The van der Waals surface area contributed by atoms with Gasteiger partial charge in [0, 0.05) is 16.9 Å². The maximum atomic E-state index is 13.5. The number of aromatic nitrogens is 4. The first-order chi connectivity index (χ1) is 18.9. The maximum Gasteiger partial charge on any atom is 0.341 e. The summed E-state index contributed by atoms with van der Waals surface area (Å²) in [5.74, 6) is -0.244. The molecule has 0 atom stereocenters. The molecular weight excluding hydrogens is 497 g/mol. The molecule has 0 fully saturated rings. The summed E-state index contributed by atoms with van der Waals surface area (Å²) in [5.41, 5.74) is 5.34. The molecule has 1 N–H and O–H groups in total. The van der Waals surface area contributed by atoms with Crippen LogP contribution in [0.15, 0.2) is 72.9 Å². The second-order valence-electron chi connectivity index (χ2n) is 9.06. The van der Waals surface area contributed by atoms with Gasteiger partial charge in [-0.15, -0.1) is 0 Å². The molecule has 198 valence electrons. The monoisotopic (exact) mass is 525 g/mol. The van der Waals surface area contributed by atoms with Crippen molar-refractivity contribution < 1.29 is 18.7 Å². The summed E-state index contributed by atoms with van der Waals surface area (Å²) in [6.45, 7) is 5.97. The number of halogens is 1. The zero-order valence-electron chi connectivity index (χ0n) is 21.9. The molecule has 2 aromatic heterocycles. The van der Waals surface area contributed by atoms with Crippen LogP contribution in [0.1, 0.15) is 52.5 Å². The standard InChI is InChI=1S/C30H28FN5O3/c1-4-6-27-25(30(38)39-5-2)18-32-36(27)24-14-10-22(11-15-24)34-29(37)20-7-16-26-28(17-20)35(19(3)33-26)23-12-8-21(31)9-13-23/h7-18H,4-6H2,1-3H3,(H,34,37). The van der Waals surface area contributed by atoms with Crippen LogP contribution in [-0.2, 0) is 11.2 Å². The van der Waals surface area contributed by atoms with E-state index in [-0.39, 0.29) is 17.7 Å². The number of ether oxygens (including phenoxy) is 1. The molecular formula is C30H28FN5O3. The number of anilines is 1. The first-order valence-electron chi connectivity index (χ1n) is 12.8. The molecule has 0 aliphatic carbocycles. The number of fused-ring (bicyclic) bond motifs is 1. The fourth-order valence-electron chi connectivity index (χ4n) is 4.60. The van der Waals surface area contributed by atoms with Crippen molar-refractivity contribution in [2.24, 2.45) is 0 Å². The molecule has 0 bridgehead atoms. The Balaban J connectivity index is 1.38. The van der Waals surface area contributed by atoms with Crippen LogP contribution in [0.3, 0.4) is 0 Å². The Hall–Kier alpha value is -4.79. The van der Waals surface area contributed by atoms with E-state index < -0.39 is 0 Å². The van der Waals surface area contributed by atoms with E-state index in [0.717, 1.165) is 40.3 Å². The Morgan fingerprint density at radius 1 is 0.974 bits per heavy atom. The maximum absolute atomic E-state index is 13.5. The van der Waals surface area contributed by atoms with Gasteiger partial charge in [-0.05, 0) is 87.0 Å². The van der Waals surface area contributed by atoms with Crippen molar-refractivity contribution in [3.8, 4) is 11.4 Å². The number of amides is 1. The quantitative estimate of drug-likeness (QED) is 0.250. The highest BCUT2D eigenvalue weighted by Gasteiger charge is 2.19. The third-order valence-electron chi connectivity index (χ3n) is 6.39. The third kappa shape index (κ3) is 5.16. The summed E-state index contributed by atoms with van der Waals surface area (Å²) in [4.78, 5) is 30.1. The van der Waals surface area contributed by atoms with E-state index in [2.05, 4.69) is 15.4 Å². The van der Waals surface area contributed by atoms with Gasteiger partial charge in [0.15, 0.2) is 0 Å². The summed E-state index contributed by atoms with van der Waals surface area (Å²) < 4.78 is 22.3. The first kappa shape index (κ1) is 25.8. The number of hydrogen-bond donors (Lipinski definition) is 1. The lowest BCUT2D eigenvalue weighted by atomic mass is 10.1. The predicted octanol–water partition coefficient (Wildman–Crippen LogP) is 6.04. The molecule has 0 aliphatic heterocycles. The van der Waals surface area contributed by atoms with Gasteiger partial charge in [0.2, 0.25) is 0 Å². The number of carbonyl (C=O) groups is 2. The van der Waals surface area contributed by atoms with Crippen molar-refractivity contribution in [1.29, 1.82) is 0 Å². The Kier molecular flexibility index (Phi) is 7.23. The smallest absolute Gasteiger partial charge is 0.341 e. The van der Waals surface area contributed by atoms with Crippen LogP contribution in [0.5, 0.6) is 0 Å². The number of rotatable bonds is 8. The van der Waals surface area contributed by atoms with E-state index in [0.29, 0.717) is 29.8 Å². The molecule has 9 heteroatoms. The van der Waals surface area contributed by atoms with Crippen LogP contribution in [0.25, 0.3) is 22.4 Å². The Morgan fingerprint density at radius 2 is 1.69 bits per heavy atom. The highest BCUT2D eigenvalue weighted by atomic mass is 19.1. The van der Waals surface area contributed by atoms with Crippen LogP contribution in [0.4, 0.5) is 10.1 Å². The van der Waals surface area contributed by atoms with Gasteiger partial charge in [0.1, 0.15) is 17.2 Å². The van der Waals surface area contributed by atoms with Gasteiger partial charge in [-0.2, -0.15) is 5.10 Å². The summed E-state index contributed by atoms with van der Waals surface area (Å²) in [7, 11) is 0. The molecule has 0 aliphatic rings. The minimum Gasteiger partial charge on any atom is -0.462 e. The van der Waals surface area contributed by atoms with Gasteiger partial charge in [-0.1, -0.05) is 13.3 Å². The number of esters is 1. The van der Waals surface area contributed by atoms with Crippen LogP contribution in [0.2, 0.25) is 0 Å². The number of benzene rings is 3. The van der Waals surface area contributed by atoms with E-state index in [9.17, 15) is 14.0 Å². The van der Waals surface area contributed by atoms with E-state index in [4.69, 9.17) is 4.74 Å². The van der Waals surface area contributed by atoms with Crippen molar-refractivity contribution >= 4 is 28.6 Å². The lowest BCUT2D eigenvalue weighted by Gasteiger charge is -2.11. The molecule has 0 unspecified atom stereocenters. The Bertz CT molecular complexity index is 1650. The summed E-state index contributed by atoms with van der Waals surface area (Å²) in [6.07, 6.45) is 3.05. The molecule has 1 amide bonds.